The van der Waals surface area contributed by atoms with Gasteiger partial charge in [0.25, 0.3) is 0 Å². The normalized spacial score (nSPS) is 12.5. The monoisotopic (exact) mass is 293 g/mol. The summed E-state index contributed by atoms with van der Waals surface area (Å²) in [4.78, 5) is 12.5. The number of aryl methyl sites for hydroxylation is 2. The van der Waals surface area contributed by atoms with E-state index in [9.17, 15) is 4.79 Å². The van der Waals surface area contributed by atoms with Crippen molar-refractivity contribution < 1.29 is 4.79 Å². The highest BCUT2D eigenvalue weighted by molar-refractivity contribution is 7.99. The minimum atomic E-state index is 0.0321. The SMILES string of the molecule is CCc1cccc(CC)c1NC(=O)C(CC(C)C)SC. The third kappa shape index (κ3) is 4.55. The van der Waals surface area contributed by atoms with Crippen LogP contribution in [0.2, 0.25) is 0 Å². The van der Waals surface area contributed by atoms with Crippen molar-refractivity contribution in [3.05, 3.63) is 29.3 Å². The van der Waals surface area contributed by atoms with Crippen molar-refractivity contribution in [2.45, 2.75) is 52.2 Å². The zero-order valence-electron chi connectivity index (χ0n) is 13.3. The largest absolute Gasteiger partial charge is 0.325 e. The summed E-state index contributed by atoms with van der Waals surface area (Å²) in [5, 5.41) is 3.21. The first-order chi connectivity index (χ1) is 9.53. The highest BCUT2D eigenvalue weighted by atomic mass is 32.2. The number of hydrogen-bond donors (Lipinski definition) is 1. The van der Waals surface area contributed by atoms with Crippen LogP contribution in [-0.4, -0.2) is 17.4 Å². The maximum atomic E-state index is 12.5. The molecule has 0 fully saturated rings. The number of amides is 1. The fourth-order valence-corrected chi connectivity index (χ4v) is 3.20. The molecule has 20 heavy (non-hydrogen) atoms. The Hall–Kier alpha value is -0.960. The topological polar surface area (TPSA) is 29.1 Å². The fourth-order valence-electron chi connectivity index (χ4n) is 2.35. The number of carbonyl (C=O) groups is 1. The van der Waals surface area contributed by atoms with E-state index >= 15 is 0 Å². The molecule has 112 valence electrons. The van der Waals surface area contributed by atoms with Crippen LogP contribution in [-0.2, 0) is 17.6 Å². The first kappa shape index (κ1) is 17.1. The fraction of sp³-hybridized carbons (Fsp3) is 0.588. The van der Waals surface area contributed by atoms with E-state index in [0.29, 0.717) is 5.92 Å². The number of nitrogens with one attached hydrogen (secondary N) is 1. The van der Waals surface area contributed by atoms with Gasteiger partial charge in [-0.15, -0.1) is 0 Å². The molecule has 0 spiro atoms. The lowest BCUT2D eigenvalue weighted by molar-refractivity contribution is -0.116. The average Bonchev–Trinajstić information content (AvgIpc) is 2.44. The van der Waals surface area contributed by atoms with Gasteiger partial charge in [-0.1, -0.05) is 45.9 Å². The van der Waals surface area contributed by atoms with Crippen molar-refractivity contribution in [3.8, 4) is 0 Å². The van der Waals surface area contributed by atoms with Gasteiger partial charge in [0.05, 0.1) is 5.25 Å². The standard InChI is InChI=1S/C17H27NOS/c1-6-13-9-8-10-14(7-2)16(13)18-17(19)15(20-5)11-12(3)4/h8-10,12,15H,6-7,11H2,1-5H3,(H,18,19). The molecule has 0 radical (unpaired) electrons. The van der Waals surface area contributed by atoms with Gasteiger partial charge in [-0.2, -0.15) is 11.8 Å². The second-order valence-electron chi connectivity index (χ2n) is 5.50. The number of anilines is 1. The van der Waals surface area contributed by atoms with Gasteiger partial charge in [0.15, 0.2) is 0 Å². The van der Waals surface area contributed by atoms with Gasteiger partial charge in [-0.05, 0) is 42.6 Å². The van der Waals surface area contributed by atoms with Gasteiger partial charge in [0, 0.05) is 5.69 Å². The van der Waals surface area contributed by atoms with Gasteiger partial charge < -0.3 is 5.32 Å². The summed E-state index contributed by atoms with van der Waals surface area (Å²) in [7, 11) is 0. The molecule has 0 bridgehead atoms. The molecule has 0 saturated heterocycles. The van der Waals surface area contributed by atoms with Gasteiger partial charge in [0.2, 0.25) is 5.91 Å². The molecule has 1 aromatic carbocycles. The molecule has 1 rings (SSSR count). The van der Waals surface area contributed by atoms with Crippen LogP contribution in [0.25, 0.3) is 0 Å². The molecule has 1 amide bonds. The van der Waals surface area contributed by atoms with Crippen molar-refractivity contribution >= 4 is 23.4 Å². The maximum absolute atomic E-state index is 12.5. The van der Waals surface area contributed by atoms with Crippen LogP contribution in [0.4, 0.5) is 5.69 Å². The van der Waals surface area contributed by atoms with Crippen molar-refractivity contribution in [3.63, 3.8) is 0 Å². The third-order valence-corrected chi connectivity index (χ3v) is 4.49. The number of benzene rings is 1. The lowest BCUT2D eigenvalue weighted by Crippen LogP contribution is -2.27. The summed E-state index contributed by atoms with van der Waals surface area (Å²) in [6, 6.07) is 6.28. The predicted octanol–water partition coefficient (Wildman–Crippen LogP) is 4.53. The van der Waals surface area contributed by atoms with E-state index in [1.807, 2.05) is 6.26 Å². The van der Waals surface area contributed by atoms with E-state index in [4.69, 9.17) is 0 Å². The Morgan fingerprint density at radius 2 is 1.75 bits per heavy atom. The van der Waals surface area contributed by atoms with Crippen LogP contribution in [0.15, 0.2) is 18.2 Å². The van der Waals surface area contributed by atoms with Gasteiger partial charge in [-0.25, -0.2) is 0 Å². The number of rotatable bonds is 7. The highest BCUT2D eigenvalue weighted by Gasteiger charge is 2.20. The maximum Gasteiger partial charge on any atom is 0.237 e. The summed E-state index contributed by atoms with van der Waals surface area (Å²) in [6.07, 6.45) is 4.82. The van der Waals surface area contributed by atoms with Crippen molar-refractivity contribution in [2.24, 2.45) is 5.92 Å². The van der Waals surface area contributed by atoms with Crippen LogP contribution in [0.1, 0.15) is 45.2 Å². The smallest absolute Gasteiger partial charge is 0.237 e. The van der Waals surface area contributed by atoms with Crippen molar-refractivity contribution in [1.82, 2.24) is 0 Å². The predicted molar refractivity (Wildman–Crippen MR) is 90.6 cm³/mol. The van der Waals surface area contributed by atoms with E-state index in [1.54, 1.807) is 11.8 Å². The lowest BCUT2D eigenvalue weighted by Gasteiger charge is -2.19. The van der Waals surface area contributed by atoms with Crippen LogP contribution in [0.3, 0.4) is 0 Å². The molecule has 0 aliphatic heterocycles. The lowest BCUT2D eigenvalue weighted by atomic mass is 10.0. The molecular weight excluding hydrogens is 266 g/mol. The van der Waals surface area contributed by atoms with E-state index in [-0.39, 0.29) is 11.2 Å². The van der Waals surface area contributed by atoms with Gasteiger partial charge in [-0.3, -0.25) is 4.79 Å². The Balaban J connectivity index is 2.93. The summed E-state index contributed by atoms with van der Waals surface area (Å²) in [5.41, 5.74) is 3.48. The third-order valence-electron chi connectivity index (χ3n) is 3.51. The summed E-state index contributed by atoms with van der Waals surface area (Å²) >= 11 is 1.64. The number of thioether (sulfide) groups is 1. The van der Waals surface area contributed by atoms with Crippen LogP contribution in [0.5, 0.6) is 0 Å². The molecule has 0 aromatic heterocycles. The summed E-state index contributed by atoms with van der Waals surface area (Å²) < 4.78 is 0. The van der Waals surface area contributed by atoms with Crippen LogP contribution >= 0.6 is 11.8 Å². The van der Waals surface area contributed by atoms with Gasteiger partial charge >= 0.3 is 0 Å². The number of para-hydroxylation sites is 1. The molecule has 0 saturated carbocycles. The molecule has 0 heterocycles. The van der Waals surface area contributed by atoms with Crippen molar-refractivity contribution in [2.75, 3.05) is 11.6 Å². The second-order valence-corrected chi connectivity index (χ2v) is 6.54. The molecule has 1 N–H and O–H groups in total. The minimum absolute atomic E-state index is 0.0321. The molecular formula is C17H27NOS. The molecule has 1 unspecified atom stereocenters. The Bertz CT molecular complexity index is 420. The zero-order valence-corrected chi connectivity index (χ0v) is 14.1. The first-order valence-corrected chi connectivity index (χ1v) is 8.76. The van der Waals surface area contributed by atoms with E-state index < -0.39 is 0 Å². The molecule has 3 heteroatoms. The molecule has 1 atom stereocenters. The van der Waals surface area contributed by atoms with E-state index in [1.165, 1.54) is 11.1 Å². The van der Waals surface area contributed by atoms with Crippen LogP contribution in [0, 0.1) is 5.92 Å². The highest BCUT2D eigenvalue weighted by Crippen LogP contribution is 2.25. The van der Waals surface area contributed by atoms with Crippen LogP contribution < -0.4 is 5.32 Å². The zero-order chi connectivity index (χ0) is 15.1. The summed E-state index contributed by atoms with van der Waals surface area (Å²) in [5.74, 6) is 0.673. The minimum Gasteiger partial charge on any atom is -0.325 e. The van der Waals surface area contributed by atoms with E-state index in [2.05, 4.69) is 51.2 Å². The first-order valence-electron chi connectivity index (χ1n) is 7.47. The molecule has 0 aliphatic carbocycles. The quantitative estimate of drug-likeness (QED) is 0.800. The number of carbonyl (C=O) groups excluding carboxylic acids is 1. The molecule has 2 nitrogen and oxygen atoms in total. The van der Waals surface area contributed by atoms with Crippen molar-refractivity contribution in [1.29, 1.82) is 0 Å². The molecule has 0 aliphatic rings. The van der Waals surface area contributed by atoms with Gasteiger partial charge in [0.1, 0.15) is 0 Å². The average molecular weight is 293 g/mol. The van der Waals surface area contributed by atoms with E-state index in [0.717, 1.165) is 24.9 Å². The second kappa shape index (κ2) is 8.35. The Morgan fingerprint density at radius 1 is 1.20 bits per heavy atom. The number of hydrogen-bond acceptors (Lipinski definition) is 2. The Kier molecular flexibility index (Phi) is 7.14. The summed E-state index contributed by atoms with van der Waals surface area (Å²) in [6.45, 7) is 8.58. The molecule has 1 aromatic rings. The Morgan fingerprint density at radius 3 is 2.15 bits per heavy atom. The Labute approximate surface area is 127 Å².